The lowest BCUT2D eigenvalue weighted by atomic mass is 9.94. The number of carbonyl (C=O) groups is 1. The molecule has 3 aromatic carbocycles. The average molecular weight is 329 g/mol. The van der Waals surface area contributed by atoms with E-state index in [1.807, 2.05) is 48.5 Å². The Morgan fingerprint density at radius 3 is 2.48 bits per heavy atom. The first-order valence-corrected chi connectivity index (χ1v) is 7.91. The van der Waals surface area contributed by atoms with Crippen LogP contribution in [0.5, 0.6) is 0 Å². The normalized spacial score (nSPS) is 10.9. The van der Waals surface area contributed by atoms with Gasteiger partial charge in [0.15, 0.2) is 0 Å². The molecule has 1 N–H and O–H groups in total. The standard InChI is InChI=1S/C21H15NO3/c1-25-21(24)18-12-15-9-10-22-20(23)19(15)17-11-14(7-8-16(17)18)13-5-3-2-4-6-13/h2-12H,1H3,(H,22,23). The Kier molecular flexibility index (Phi) is 3.58. The number of aromatic amines is 1. The van der Waals surface area contributed by atoms with E-state index in [9.17, 15) is 9.59 Å². The lowest BCUT2D eigenvalue weighted by Crippen LogP contribution is -2.08. The summed E-state index contributed by atoms with van der Waals surface area (Å²) < 4.78 is 4.91. The minimum Gasteiger partial charge on any atom is -0.465 e. The zero-order valence-electron chi connectivity index (χ0n) is 13.6. The van der Waals surface area contributed by atoms with Gasteiger partial charge in [-0.15, -0.1) is 0 Å². The molecule has 0 radical (unpaired) electrons. The number of nitrogens with one attached hydrogen (secondary N) is 1. The summed E-state index contributed by atoms with van der Waals surface area (Å²) in [6.07, 6.45) is 1.58. The van der Waals surface area contributed by atoms with Gasteiger partial charge in [0, 0.05) is 6.20 Å². The van der Waals surface area contributed by atoms with Crippen molar-refractivity contribution < 1.29 is 9.53 Å². The van der Waals surface area contributed by atoms with Crippen LogP contribution in [0.1, 0.15) is 10.4 Å². The number of esters is 1. The van der Waals surface area contributed by atoms with Crippen molar-refractivity contribution in [3.63, 3.8) is 0 Å². The number of ether oxygens (including phenoxy) is 1. The fourth-order valence-electron chi connectivity index (χ4n) is 3.20. The van der Waals surface area contributed by atoms with Gasteiger partial charge in [-0.05, 0) is 45.5 Å². The molecule has 25 heavy (non-hydrogen) atoms. The quantitative estimate of drug-likeness (QED) is 0.444. The van der Waals surface area contributed by atoms with Gasteiger partial charge in [-0.25, -0.2) is 4.79 Å². The molecule has 0 aliphatic heterocycles. The van der Waals surface area contributed by atoms with Gasteiger partial charge in [-0.2, -0.15) is 0 Å². The van der Waals surface area contributed by atoms with Crippen molar-refractivity contribution in [2.75, 3.05) is 7.11 Å². The second kappa shape index (κ2) is 5.91. The predicted octanol–water partition coefficient (Wildman–Crippen LogP) is 4.13. The number of rotatable bonds is 2. The third kappa shape index (κ3) is 2.48. The molecule has 0 amide bonds. The highest BCUT2D eigenvalue weighted by Gasteiger charge is 2.15. The third-order valence-electron chi connectivity index (χ3n) is 4.38. The maximum Gasteiger partial charge on any atom is 0.338 e. The summed E-state index contributed by atoms with van der Waals surface area (Å²) in [5.74, 6) is -0.417. The van der Waals surface area contributed by atoms with Gasteiger partial charge in [0.2, 0.25) is 0 Å². The summed E-state index contributed by atoms with van der Waals surface area (Å²) in [7, 11) is 1.36. The molecule has 0 fully saturated rings. The fourth-order valence-corrected chi connectivity index (χ4v) is 3.20. The summed E-state index contributed by atoms with van der Waals surface area (Å²) >= 11 is 0. The minimum absolute atomic E-state index is 0.177. The van der Waals surface area contributed by atoms with E-state index < -0.39 is 5.97 Å². The van der Waals surface area contributed by atoms with Crippen molar-refractivity contribution in [3.05, 3.63) is 82.8 Å². The molecular weight excluding hydrogens is 314 g/mol. The van der Waals surface area contributed by atoms with Gasteiger partial charge < -0.3 is 9.72 Å². The van der Waals surface area contributed by atoms with Crippen LogP contribution in [0.25, 0.3) is 32.7 Å². The first kappa shape index (κ1) is 15.1. The Morgan fingerprint density at radius 2 is 1.72 bits per heavy atom. The molecule has 0 bridgehead atoms. The van der Waals surface area contributed by atoms with Gasteiger partial charge in [0.25, 0.3) is 5.56 Å². The molecule has 1 heterocycles. The maximum atomic E-state index is 12.4. The topological polar surface area (TPSA) is 59.2 Å². The van der Waals surface area contributed by atoms with Gasteiger partial charge in [-0.1, -0.05) is 42.5 Å². The van der Waals surface area contributed by atoms with E-state index in [0.717, 1.165) is 16.5 Å². The lowest BCUT2D eigenvalue weighted by Gasteiger charge is -2.10. The number of methoxy groups -OCH3 is 1. The molecule has 122 valence electrons. The molecule has 4 rings (SSSR count). The second-order valence-corrected chi connectivity index (χ2v) is 5.81. The van der Waals surface area contributed by atoms with Crippen LogP contribution in [-0.4, -0.2) is 18.1 Å². The van der Waals surface area contributed by atoms with E-state index in [0.29, 0.717) is 21.7 Å². The van der Waals surface area contributed by atoms with Crippen LogP contribution in [0.4, 0.5) is 0 Å². The van der Waals surface area contributed by atoms with Crippen LogP contribution in [0, 0.1) is 0 Å². The Hall–Kier alpha value is -3.40. The van der Waals surface area contributed by atoms with Crippen molar-refractivity contribution in [1.82, 2.24) is 4.98 Å². The summed E-state index contributed by atoms with van der Waals surface area (Å²) in [5.41, 5.74) is 2.31. The Balaban J connectivity index is 2.14. The summed E-state index contributed by atoms with van der Waals surface area (Å²) in [6, 6.07) is 19.2. The molecule has 0 unspecified atom stereocenters. The van der Waals surface area contributed by atoms with E-state index in [-0.39, 0.29) is 5.56 Å². The summed E-state index contributed by atoms with van der Waals surface area (Å²) in [6.45, 7) is 0. The predicted molar refractivity (Wildman–Crippen MR) is 98.9 cm³/mol. The van der Waals surface area contributed by atoms with E-state index in [1.54, 1.807) is 18.3 Å². The zero-order chi connectivity index (χ0) is 17.4. The number of aromatic nitrogens is 1. The number of pyridine rings is 1. The number of carbonyl (C=O) groups excluding carboxylic acids is 1. The smallest absolute Gasteiger partial charge is 0.338 e. The fraction of sp³-hybridized carbons (Fsp3) is 0.0476. The number of H-pyrrole nitrogens is 1. The monoisotopic (exact) mass is 329 g/mol. The molecule has 0 aliphatic rings. The van der Waals surface area contributed by atoms with Gasteiger partial charge in [0.05, 0.1) is 18.1 Å². The average Bonchev–Trinajstić information content (AvgIpc) is 2.67. The highest BCUT2D eigenvalue weighted by Crippen LogP contribution is 2.31. The van der Waals surface area contributed by atoms with Gasteiger partial charge >= 0.3 is 5.97 Å². The first-order valence-electron chi connectivity index (χ1n) is 7.91. The highest BCUT2D eigenvalue weighted by atomic mass is 16.5. The molecule has 1 aromatic heterocycles. The lowest BCUT2D eigenvalue weighted by molar-refractivity contribution is 0.0603. The van der Waals surface area contributed by atoms with Crippen LogP contribution in [0.15, 0.2) is 71.7 Å². The van der Waals surface area contributed by atoms with E-state index in [4.69, 9.17) is 4.74 Å². The molecule has 4 heteroatoms. The van der Waals surface area contributed by atoms with E-state index in [1.165, 1.54) is 7.11 Å². The van der Waals surface area contributed by atoms with Crippen LogP contribution >= 0.6 is 0 Å². The molecule has 0 aliphatic carbocycles. The molecule has 4 aromatic rings. The Labute approximate surface area is 143 Å². The molecule has 0 spiro atoms. The van der Waals surface area contributed by atoms with Crippen molar-refractivity contribution in [3.8, 4) is 11.1 Å². The van der Waals surface area contributed by atoms with E-state index >= 15 is 0 Å². The highest BCUT2D eigenvalue weighted by molar-refractivity contribution is 6.16. The van der Waals surface area contributed by atoms with Gasteiger partial charge in [0.1, 0.15) is 0 Å². The Bertz CT molecular complexity index is 1160. The van der Waals surface area contributed by atoms with Crippen LogP contribution in [0.2, 0.25) is 0 Å². The van der Waals surface area contributed by atoms with Crippen LogP contribution in [0.3, 0.4) is 0 Å². The largest absolute Gasteiger partial charge is 0.465 e. The maximum absolute atomic E-state index is 12.4. The number of fused-ring (bicyclic) bond motifs is 3. The molecular formula is C21H15NO3. The minimum atomic E-state index is -0.417. The zero-order valence-corrected chi connectivity index (χ0v) is 13.6. The SMILES string of the molecule is COC(=O)c1cc2cc[nH]c(=O)c2c2cc(-c3ccccc3)ccc12. The summed E-state index contributed by atoms with van der Waals surface area (Å²) in [5, 5.41) is 2.72. The number of hydrogen-bond acceptors (Lipinski definition) is 3. The van der Waals surface area contributed by atoms with Crippen molar-refractivity contribution >= 4 is 27.5 Å². The van der Waals surface area contributed by atoms with Gasteiger partial charge in [-0.3, -0.25) is 4.79 Å². The van der Waals surface area contributed by atoms with Crippen LogP contribution in [-0.2, 0) is 4.74 Å². The molecule has 0 atom stereocenters. The molecule has 0 saturated carbocycles. The van der Waals surface area contributed by atoms with Crippen molar-refractivity contribution in [1.29, 1.82) is 0 Å². The first-order chi connectivity index (χ1) is 12.2. The summed E-state index contributed by atoms with van der Waals surface area (Å²) in [4.78, 5) is 27.3. The molecule has 4 nitrogen and oxygen atoms in total. The Morgan fingerprint density at radius 1 is 0.920 bits per heavy atom. The number of hydrogen-bond donors (Lipinski definition) is 1. The molecule has 0 saturated heterocycles. The van der Waals surface area contributed by atoms with Crippen LogP contribution < -0.4 is 5.56 Å². The van der Waals surface area contributed by atoms with E-state index in [2.05, 4.69) is 4.98 Å². The number of benzene rings is 3. The second-order valence-electron chi connectivity index (χ2n) is 5.81. The van der Waals surface area contributed by atoms with Crippen molar-refractivity contribution in [2.45, 2.75) is 0 Å². The van der Waals surface area contributed by atoms with Crippen molar-refractivity contribution in [2.24, 2.45) is 0 Å². The third-order valence-corrected chi connectivity index (χ3v) is 4.38.